The van der Waals surface area contributed by atoms with Crippen molar-refractivity contribution < 1.29 is 0 Å². The van der Waals surface area contributed by atoms with Gasteiger partial charge in [0.2, 0.25) is 0 Å². The van der Waals surface area contributed by atoms with E-state index in [1.54, 1.807) is 0 Å². The Morgan fingerprint density at radius 2 is 1.76 bits per heavy atom. The average molecular weight is 290 g/mol. The molecular weight excluding hydrogens is 260 g/mol. The molecule has 0 aromatic carbocycles. The highest BCUT2D eigenvalue weighted by Crippen LogP contribution is 2.26. The van der Waals surface area contributed by atoms with E-state index in [0.29, 0.717) is 0 Å². The fourth-order valence-electron chi connectivity index (χ4n) is 3.07. The Labute approximate surface area is 129 Å². The summed E-state index contributed by atoms with van der Waals surface area (Å²) in [5.74, 6) is 3.77. The van der Waals surface area contributed by atoms with E-state index in [0.717, 1.165) is 49.3 Å². The quantitative estimate of drug-likeness (QED) is 0.751. The van der Waals surface area contributed by atoms with Crippen LogP contribution in [0.2, 0.25) is 0 Å². The molecule has 0 bridgehead atoms. The van der Waals surface area contributed by atoms with Crippen LogP contribution in [0.3, 0.4) is 0 Å². The molecule has 0 amide bonds. The first-order chi connectivity index (χ1) is 10.3. The van der Waals surface area contributed by atoms with E-state index in [9.17, 15) is 0 Å². The van der Waals surface area contributed by atoms with Gasteiger partial charge in [-0.15, -0.1) is 0 Å². The molecular formula is C17H30N4. The van der Waals surface area contributed by atoms with Gasteiger partial charge in [0.25, 0.3) is 0 Å². The zero-order valence-corrected chi connectivity index (χ0v) is 13.6. The number of hydrogen-bond donors (Lipinski definition) is 2. The molecule has 0 aliphatic heterocycles. The van der Waals surface area contributed by atoms with Gasteiger partial charge in [0.1, 0.15) is 17.5 Å². The Bertz CT molecular complexity index is 389. The maximum absolute atomic E-state index is 4.63. The van der Waals surface area contributed by atoms with Crippen LogP contribution in [0.15, 0.2) is 6.07 Å². The minimum atomic E-state index is 0.893. The lowest BCUT2D eigenvalue weighted by Gasteiger charge is -2.21. The molecule has 0 unspecified atom stereocenters. The highest BCUT2D eigenvalue weighted by atomic mass is 15.1. The third-order valence-electron chi connectivity index (χ3n) is 4.19. The van der Waals surface area contributed by atoms with Gasteiger partial charge in [-0.1, -0.05) is 39.0 Å². The number of aryl methyl sites for hydroxylation is 1. The van der Waals surface area contributed by atoms with Crippen LogP contribution >= 0.6 is 0 Å². The van der Waals surface area contributed by atoms with E-state index < -0.39 is 0 Å². The summed E-state index contributed by atoms with van der Waals surface area (Å²) in [6.45, 7) is 6.18. The Hall–Kier alpha value is -1.32. The zero-order chi connectivity index (χ0) is 14.9. The summed E-state index contributed by atoms with van der Waals surface area (Å²) in [6, 6.07) is 2.03. The average Bonchev–Trinajstić information content (AvgIpc) is 2.49. The number of nitrogens with one attached hydrogen (secondary N) is 2. The number of nitrogens with zero attached hydrogens (tertiary/aromatic N) is 2. The molecule has 2 rings (SSSR count). The van der Waals surface area contributed by atoms with Gasteiger partial charge >= 0.3 is 0 Å². The molecule has 2 N–H and O–H groups in total. The van der Waals surface area contributed by atoms with Gasteiger partial charge in [-0.05, 0) is 25.7 Å². The van der Waals surface area contributed by atoms with Crippen molar-refractivity contribution in [1.29, 1.82) is 0 Å². The van der Waals surface area contributed by atoms with E-state index in [1.165, 1.54) is 38.5 Å². The van der Waals surface area contributed by atoms with Gasteiger partial charge in [0.05, 0.1) is 0 Å². The zero-order valence-electron chi connectivity index (χ0n) is 13.6. The molecule has 1 heterocycles. The Morgan fingerprint density at radius 3 is 2.43 bits per heavy atom. The van der Waals surface area contributed by atoms with Crippen molar-refractivity contribution in [2.75, 3.05) is 23.7 Å². The summed E-state index contributed by atoms with van der Waals surface area (Å²) in [6.07, 6.45) is 10.4. The molecule has 1 aromatic rings. The van der Waals surface area contributed by atoms with Crippen molar-refractivity contribution in [2.24, 2.45) is 5.92 Å². The largest absolute Gasteiger partial charge is 0.370 e. The lowest BCUT2D eigenvalue weighted by atomic mass is 9.87. The number of hydrogen-bond acceptors (Lipinski definition) is 4. The van der Waals surface area contributed by atoms with Gasteiger partial charge in [-0.2, -0.15) is 0 Å². The highest BCUT2D eigenvalue weighted by molar-refractivity contribution is 5.47. The summed E-state index contributed by atoms with van der Waals surface area (Å²) >= 11 is 0. The predicted molar refractivity (Wildman–Crippen MR) is 89.9 cm³/mol. The molecule has 21 heavy (non-hydrogen) atoms. The lowest BCUT2D eigenvalue weighted by molar-refractivity contribution is 0.345. The molecule has 0 atom stereocenters. The van der Waals surface area contributed by atoms with E-state index in [1.807, 2.05) is 6.07 Å². The van der Waals surface area contributed by atoms with Crippen molar-refractivity contribution in [3.63, 3.8) is 0 Å². The first-order valence-electron chi connectivity index (χ1n) is 8.67. The van der Waals surface area contributed by atoms with Crippen molar-refractivity contribution in [3.8, 4) is 0 Å². The van der Waals surface area contributed by atoms with Crippen LogP contribution in [0.1, 0.15) is 64.6 Å². The van der Waals surface area contributed by atoms with Crippen molar-refractivity contribution in [1.82, 2.24) is 9.97 Å². The van der Waals surface area contributed by atoms with Gasteiger partial charge < -0.3 is 10.6 Å². The van der Waals surface area contributed by atoms with Crippen LogP contribution in [-0.2, 0) is 6.42 Å². The molecule has 4 nitrogen and oxygen atoms in total. The van der Waals surface area contributed by atoms with Crippen molar-refractivity contribution >= 4 is 11.6 Å². The second-order valence-electron chi connectivity index (χ2n) is 6.05. The maximum atomic E-state index is 4.63. The van der Waals surface area contributed by atoms with E-state index in [-0.39, 0.29) is 0 Å². The van der Waals surface area contributed by atoms with Crippen LogP contribution in [0, 0.1) is 5.92 Å². The second-order valence-corrected chi connectivity index (χ2v) is 6.05. The highest BCUT2D eigenvalue weighted by Gasteiger charge is 2.13. The van der Waals surface area contributed by atoms with Crippen LogP contribution in [0.5, 0.6) is 0 Å². The van der Waals surface area contributed by atoms with Gasteiger partial charge in [-0.3, -0.25) is 0 Å². The van der Waals surface area contributed by atoms with Gasteiger partial charge in [-0.25, -0.2) is 9.97 Å². The predicted octanol–water partition coefficient (Wildman–Crippen LogP) is 4.24. The van der Waals surface area contributed by atoms with Crippen LogP contribution < -0.4 is 10.6 Å². The fraction of sp³-hybridized carbons (Fsp3) is 0.765. The Kier molecular flexibility index (Phi) is 6.77. The van der Waals surface area contributed by atoms with Crippen molar-refractivity contribution in [2.45, 2.75) is 65.2 Å². The molecule has 1 saturated carbocycles. The van der Waals surface area contributed by atoms with E-state index in [4.69, 9.17) is 0 Å². The summed E-state index contributed by atoms with van der Waals surface area (Å²) in [4.78, 5) is 9.17. The molecule has 4 heteroatoms. The first-order valence-corrected chi connectivity index (χ1v) is 8.67. The van der Waals surface area contributed by atoms with Gasteiger partial charge in [0, 0.05) is 25.6 Å². The molecule has 118 valence electrons. The summed E-state index contributed by atoms with van der Waals surface area (Å²) in [7, 11) is 0. The minimum absolute atomic E-state index is 0.893. The SMILES string of the molecule is CCCc1nc(NCC)cc(NCCC2CCCCC2)n1. The van der Waals surface area contributed by atoms with Crippen LogP contribution in [0.4, 0.5) is 11.6 Å². The standard InChI is InChI=1S/C17H30N4/c1-3-8-15-20-16(18-4-2)13-17(21-15)19-12-11-14-9-6-5-7-10-14/h13-14H,3-12H2,1-2H3,(H2,18,19,20,21). The molecule has 0 saturated heterocycles. The number of anilines is 2. The minimum Gasteiger partial charge on any atom is -0.370 e. The molecule has 1 aliphatic carbocycles. The molecule has 1 aliphatic rings. The molecule has 0 radical (unpaired) electrons. The van der Waals surface area contributed by atoms with E-state index in [2.05, 4.69) is 34.4 Å². The third kappa shape index (κ3) is 5.52. The second kappa shape index (κ2) is 8.85. The molecule has 1 fully saturated rings. The molecule has 0 spiro atoms. The fourth-order valence-corrected chi connectivity index (χ4v) is 3.07. The van der Waals surface area contributed by atoms with Gasteiger partial charge in [0.15, 0.2) is 0 Å². The summed E-state index contributed by atoms with van der Waals surface area (Å²) < 4.78 is 0. The van der Waals surface area contributed by atoms with Crippen LogP contribution in [0.25, 0.3) is 0 Å². The maximum Gasteiger partial charge on any atom is 0.133 e. The Morgan fingerprint density at radius 1 is 1.05 bits per heavy atom. The smallest absolute Gasteiger partial charge is 0.133 e. The van der Waals surface area contributed by atoms with Crippen LogP contribution in [-0.4, -0.2) is 23.1 Å². The van der Waals surface area contributed by atoms with E-state index >= 15 is 0 Å². The first kappa shape index (κ1) is 16.1. The topological polar surface area (TPSA) is 49.8 Å². The Balaban J connectivity index is 1.87. The lowest BCUT2D eigenvalue weighted by Crippen LogP contribution is -2.14. The third-order valence-corrected chi connectivity index (χ3v) is 4.19. The summed E-state index contributed by atoms with van der Waals surface area (Å²) in [5, 5.41) is 6.79. The van der Waals surface area contributed by atoms with Crippen molar-refractivity contribution in [3.05, 3.63) is 11.9 Å². The monoisotopic (exact) mass is 290 g/mol. The normalized spacial score (nSPS) is 15.9. The molecule has 1 aromatic heterocycles. The number of aromatic nitrogens is 2. The number of rotatable bonds is 8. The summed E-state index contributed by atoms with van der Waals surface area (Å²) in [5.41, 5.74) is 0.